The summed E-state index contributed by atoms with van der Waals surface area (Å²) in [5, 5.41) is 8.66. The molecule has 31 heavy (non-hydrogen) atoms. The lowest BCUT2D eigenvalue weighted by Crippen LogP contribution is -2.40. The van der Waals surface area contributed by atoms with Gasteiger partial charge in [0, 0.05) is 48.3 Å². The van der Waals surface area contributed by atoms with Gasteiger partial charge < -0.3 is 15.5 Å². The highest BCUT2D eigenvalue weighted by molar-refractivity contribution is 6.30. The van der Waals surface area contributed by atoms with Crippen LogP contribution in [0, 0.1) is 0 Å². The third-order valence-corrected chi connectivity index (χ3v) is 6.15. The van der Waals surface area contributed by atoms with Gasteiger partial charge in [0.1, 0.15) is 5.82 Å². The lowest BCUT2D eigenvalue weighted by molar-refractivity contribution is -0.121. The van der Waals surface area contributed by atoms with Gasteiger partial charge in [-0.3, -0.25) is 4.79 Å². The molecule has 0 aliphatic heterocycles. The maximum Gasteiger partial charge on any atom is 0.224 e. The zero-order valence-corrected chi connectivity index (χ0v) is 18.8. The maximum atomic E-state index is 12.4. The molecule has 1 aliphatic carbocycles. The molecule has 1 aliphatic rings. The van der Waals surface area contributed by atoms with Crippen LogP contribution in [0.25, 0.3) is 10.9 Å². The smallest absolute Gasteiger partial charge is 0.224 e. The van der Waals surface area contributed by atoms with E-state index in [1.54, 1.807) is 0 Å². The van der Waals surface area contributed by atoms with E-state index in [4.69, 9.17) is 16.6 Å². The molecular weight excluding hydrogens is 408 g/mol. The number of halogens is 1. The first-order valence-corrected chi connectivity index (χ1v) is 11.2. The summed E-state index contributed by atoms with van der Waals surface area (Å²) in [5.74, 6) is 0.989. The molecule has 1 aromatic heterocycles. The minimum Gasteiger partial charge on any atom is -0.377 e. The molecule has 0 bridgehead atoms. The van der Waals surface area contributed by atoms with E-state index in [-0.39, 0.29) is 11.9 Å². The zero-order valence-electron chi connectivity index (χ0n) is 18.1. The highest BCUT2D eigenvalue weighted by Crippen LogP contribution is 2.29. The second-order valence-electron chi connectivity index (χ2n) is 8.50. The molecule has 2 aromatic carbocycles. The predicted octanol–water partition coefficient (Wildman–Crippen LogP) is 5.04. The van der Waals surface area contributed by atoms with Crippen LogP contribution < -0.4 is 15.5 Å². The van der Waals surface area contributed by atoms with Crippen molar-refractivity contribution in [1.82, 2.24) is 10.3 Å². The number of carbonyl (C=O) groups excluding carboxylic acids is 1. The molecule has 1 saturated carbocycles. The van der Waals surface area contributed by atoms with Crippen molar-refractivity contribution in [3.05, 3.63) is 65.2 Å². The van der Waals surface area contributed by atoms with Gasteiger partial charge in [0.15, 0.2) is 0 Å². The molecule has 0 atom stereocenters. The van der Waals surface area contributed by atoms with Crippen LogP contribution in [0.1, 0.15) is 31.2 Å². The lowest BCUT2D eigenvalue weighted by atomic mass is 9.91. The van der Waals surface area contributed by atoms with Crippen LogP contribution in [0.2, 0.25) is 5.02 Å². The van der Waals surface area contributed by atoms with Crippen LogP contribution in [0.3, 0.4) is 0 Å². The third-order valence-electron chi connectivity index (χ3n) is 5.90. The first-order chi connectivity index (χ1) is 15.0. The number of aromatic nitrogens is 1. The van der Waals surface area contributed by atoms with Crippen LogP contribution in [0.4, 0.5) is 11.5 Å². The van der Waals surface area contributed by atoms with Crippen molar-refractivity contribution in [3.63, 3.8) is 0 Å². The molecule has 3 aromatic rings. The summed E-state index contributed by atoms with van der Waals surface area (Å²) in [6.45, 7) is 0. The van der Waals surface area contributed by atoms with E-state index in [0.29, 0.717) is 17.5 Å². The van der Waals surface area contributed by atoms with Crippen LogP contribution in [0.5, 0.6) is 0 Å². The van der Waals surface area contributed by atoms with Gasteiger partial charge in [0.05, 0.1) is 11.9 Å². The van der Waals surface area contributed by atoms with Gasteiger partial charge in [-0.1, -0.05) is 41.9 Å². The van der Waals surface area contributed by atoms with Gasteiger partial charge in [-0.2, -0.15) is 0 Å². The molecule has 6 heteroatoms. The van der Waals surface area contributed by atoms with E-state index in [1.165, 1.54) is 0 Å². The average Bonchev–Trinajstić information content (AvgIpc) is 2.76. The number of benzene rings is 2. The average molecular weight is 437 g/mol. The summed E-state index contributed by atoms with van der Waals surface area (Å²) in [7, 11) is 4.12. The summed E-state index contributed by atoms with van der Waals surface area (Å²) in [5.41, 5.74) is 3.15. The number of para-hydroxylation sites is 1. The Balaban J connectivity index is 1.32. The molecule has 0 radical (unpaired) electrons. The van der Waals surface area contributed by atoms with Crippen molar-refractivity contribution in [2.75, 3.05) is 24.3 Å². The van der Waals surface area contributed by atoms with Gasteiger partial charge in [-0.05, 0) is 49.4 Å². The molecule has 0 saturated heterocycles. The number of pyridine rings is 1. The first-order valence-electron chi connectivity index (χ1n) is 10.9. The number of anilines is 2. The topological polar surface area (TPSA) is 57.3 Å². The molecule has 162 valence electrons. The normalized spacial score (nSPS) is 18.5. The minimum absolute atomic E-state index is 0.0746. The van der Waals surface area contributed by atoms with Crippen LogP contribution in [0.15, 0.2) is 54.6 Å². The fourth-order valence-electron chi connectivity index (χ4n) is 4.26. The van der Waals surface area contributed by atoms with Gasteiger partial charge >= 0.3 is 0 Å². The quantitative estimate of drug-likeness (QED) is 0.568. The number of nitrogens with zero attached hydrogens (tertiary/aromatic N) is 2. The Morgan fingerprint density at radius 2 is 1.71 bits per heavy atom. The molecular formula is C25H29ClN4O. The fraction of sp³-hybridized carbons (Fsp3) is 0.360. The molecule has 1 fully saturated rings. The van der Waals surface area contributed by atoms with E-state index >= 15 is 0 Å². The number of amides is 1. The monoisotopic (exact) mass is 436 g/mol. The molecule has 0 unspecified atom stereocenters. The number of fused-ring (bicyclic) bond motifs is 1. The molecule has 1 amide bonds. The largest absolute Gasteiger partial charge is 0.377 e. The Kier molecular flexibility index (Phi) is 6.62. The summed E-state index contributed by atoms with van der Waals surface area (Å²) in [4.78, 5) is 19.3. The molecule has 0 spiro atoms. The second-order valence-corrected chi connectivity index (χ2v) is 8.94. The standard InChI is InChI=1S/C25H29ClN4O/c1-30(2)23-16-24(29-22-6-4-3-5-21(22)23)27-19-11-13-20(14-12-19)28-25(31)15-17-7-9-18(26)10-8-17/h3-10,16,19-20H,11-15H2,1-2H3,(H,27,29)(H,28,31). The predicted molar refractivity (Wildman–Crippen MR) is 129 cm³/mol. The maximum absolute atomic E-state index is 12.4. The third kappa shape index (κ3) is 5.47. The number of hydrogen-bond donors (Lipinski definition) is 2. The highest BCUT2D eigenvalue weighted by Gasteiger charge is 2.23. The summed E-state index contributed by atoms with van der Waals surface area (Å²) < 4.78 is 0. The van der Waals surface area contributed by atoms with Crippen molar-refractivity contribution >= 4 is 39.9 Å². The van der Waals surface area contributed by atoms with Crippen LogP contribution in [-0.4, -0.2) is 37.1 Å². The molecule has 2 N–H and O–H groups in total. The number of nitrogens with one attached hydrogen (secondary N) is 2. The fourth-order valence-corrected chi connectivity index (χ4v) is 4.38. The van der Waals surface area contributed by atoms with E-state index in [0.717, 1.165) is 53.7 Å². The molecule has 4 rings (SSSR count). The van der Waals surface area contributed by atoms with E-state index in [2.05, 4.69) is 47.8 Å². The van der Waals surface area contributed by atoms with Crippen molar-refractivity contribution in [2.45, 2.75) is 44.2 Å². The van der Waals surface area contributed by atoms with Crippen molar-refractivity contribution in [2.24, 2.45) is 0 Å². The van der Waals surface area contributed by atoms with Gasteiger partial charge in [-0.25, -0.2) is 4.98 Å². The van der Waals surface area contributed by atoms with Gasteiger partial charge in [0.25, 0.3) is 0 Å². The van der Waals surface area contributed by atoms with Gasteiger partial charge in [0.2, 0.25) is 5.91 Å². The first kappa shape index (κ1) is 21.4. The lowest BCUT2D eigenvalue weighted by Gasteiger charge is -2.30. The minimum atomic E-state index is 0.0746. The number of carbonyl (C=O) groups is 1. The molecule has 5 nitrogen and oxygen atoms in total. The van der Waals surface area contributed by atoms with E-state index in [9.17, 15) is 4.79 Å². The van der Waals surface area contributed by atoms with Crippen LogP contribution in [-0.2, 0) is 11.2 Å². The Bertz CT molecular complexity index is 1040. The zero-order chi connectivity index (χ0) is 21.8. The SMILES string of the molecule is CN(C)c1cc(NC2CCC(NC(=O)Cc3ccc(Cl)cc3)CC2)nc2ccccc12. The summed E-state index contributed by atoms with van der Waals surface area (Å²) in [6.07, 6.45) is 4.36. The van der Waals surface area contributed by atoms with Gasteiger partial charge in [-0.15, -0.1) is 0 Å². The van der Waals surface area contributed by atoms with Crippen molar-refractivity contribution < 1.29 is 4.79 Å². The van der Waals surface area contributed by atoms with E-state index < -0.39 is 0 Å². The highest BCUT2D eigenvalue weighted by atomic mass is 35.5. The summed E-state index contributed by atoms with van der Waals surface area (Å²) in [6, 6.07) is 18.4. The molecule has 1 heterocycles. The van der Waals surface area contributed by atoms with E-state index in [1.807, 2.05) is 36.4 Å². The summed E-state index contributed by atoms with van der Waals surface area (Å²) >= 11 is 5.91. The second kappa shape index (κ2) is 9.56. The van der Waals surface area contributed by atoms with Crippen molar-refractivity contribution in [3.8, 4) is 0 Å². The Morgan fingerprint density at radius 3 is 2.42 bits per heavy atom. The number of hydrogen-bond acceptors (Lipinski definition) is 4. The van der Waals surface area contributed by atoms with Crippen LogP contribution >= 0.6 is 11.6 Å². The number of rotatable bonds is 6. The van der Waals surface area contributed by atoms with Crippen molar-refractivity contribution in [1.29, 1.82) is 0 Å². The Morgan fingerprint density at radius 1 is 1.03 bits per heavy atom. The Hall–Kier alpha value is -2.79. The Labute approximate surface area is 188 Å².